The average molecular weight is 128 g/mol. The quantitative estimate of drug-likeness (QED) is 0.354. The molecule has 0 unspecified atom stereocenters. The van der Waals surface area contributed by atoms with E-state index < -0.39 is 0 Å². The van der Waals surface area contributed by atoms with E-state index in [4.69, 9.17) is 15.9 Å². The first-order valence-corrected chi connectivity index (χ1v) is 2.93. The molecule has 4 heteroatoms. The summed E-state index contributed by atoms with van der Waals surface area (Å²) in [4.78, 5) is 1.68. The van der Waals surface area contributed by atoms with Crippen LogP contribution in [0.3, 0.4) is 0 Å². The summed E-state index contributed by atoms with van der Waals surface area (Å²) in [5, 5.41) is 6.93. The van der Waals surface area contributed by atoms with Gasteiger partial charge in [0.2, 0.25) is 5.96 Å². The van der Waals surface area contributed by atoms with Crippen LogP contribution in [0.15, 0.2) is 0 Å². The van der Waals surface area contributed by atoms with Crippen LogP contribution in [0.25, 0.3) is 0 Å². The SMILES string of the molecule is [NH]C(=N)N1CCOCC1. The van der Waals surface area contributed by atoms with Crippen molar-refractivity contribution in [2.45, 2.75) is 0 Å². The fraction of sp³-hybridized carbons (Fsp3) is 0.800. The Morgan fingerprint density at radius 1 is 1.33 bits per heavy atom. The van der Waals surface area contributed by atoms with E-state index in [1.165, 1.54) is 0 Å². The summed E-state index contributed by atoms with van der Waals surface area (Å²) in [6.45, 7) is 2.70. The van der Waals surface area contributed by atoms with Crippen LogP contribution in [0.5, 0.6) is 0 Å². The van der Waals surface area contributed by atoms with Crippen LogP contribution >= 0.6 is 0 Å². The maximum atomic E-state index is 6.93. The Hall–Kier alpha value is -0.770. The van der Waals surface area contributed by atoms with Crippen molar-refractivity contribution in [3.8, 4) is 0 Å². The molecule has 0 bridgehead atoms. The molecule has 1 radical (unpaired) electrons. The van der Waals surface area contributed by atoms with E-state index in [9.17, 15) is 0 Å². The molecule has 0 aliphatic carbocycles. The minimum absolute atomic E-state index is 0.0988. The van der Waals surface area contributed by atoms with Gasteiger partial charge in [-0.15, -0.1) is 0 Å². The summed E-state index contributed by atoms with van der Waals surface area (Å²) in [6, 6.07) is 0. The molecule has 0 aromatic rings. The minimum Gasteiger partial charge on any atom is -0.378 e. The lowest BCUT2D eigenvalue weighted by molar-refractivity contribution is 0.0670. The Bertz CT molecular complexity index is 109. The highest BCUT2D eigenvalue weighted by Gasteiger charge is 2.10. The highest BCUT2D eigenvalue weighted by Crippen LogP contribution is 1.94. The molecule has 1 rings (SSSR count). The fourth-order valence-corrected chi connectivity index (χ4v) is 0.787. The topological polar surface area (TPSA) is 60.1 Å². The van der Waals surface area contributed by atoms with Gasteiger partial charge in [-0.25, -0.2) is 0 Å². The third kappa shape index (κ3) is 1.57. The van der Waals surface area contributed by atoms with E-state index in [1.54, 1.807) is 4.90 Å². The van der Waals surface area contributed by atoms with Gasteiger partial charge in [0.05, 0.1) is 13.2 Å². The summed E-state index contributed by atoms with van der Waals surface area (Å²) in [6.07, 6.45) is 0. The molecule has 0 aromatic heterocycles. The zero-order chi connectivity index (χ0) is 6.69. The summed E-state index contributed by atoms with van der Waals surface area (Å²) in [5.74, 6) is -0.0988. The molecule has 0 atom stereocenters. The zero-order valence-corrected chi connectivity index (χ0v) is 5.18. The van der Waals surface area contributed by atoms with Crippen LogP contribution in [0.2, 0.25) is 0 Å². The zero-order valence-electron chi connectivity index (χ0n) is 5.18. The highest BCUT2D eigenvalue weighted by atomic mass is 16.5. The van der Waals surface area contributed by atoms with Gasteiger partial charge in [-0.2, -0.15) is 0 Å². The number of hydrogen-bond acceptors (Lipinski definition) is 2. The van der Waals surface area contributed by atoms with Crippen LogP contribution in [0.4, 0.5) is 0 Å². The lowest BCUT2D eigenvalue weighted by Gasteiger charge is -2.25. The number of rotatable bonds is 0. The van der Waals surface area contributed by atoms with Crippen molar-refractivity contribution in [3.63, 3.8) is 0 Å². The van der Waals surface area contributed by atoms with Crippen LogP contribution in [0.1, 0.15) is 0 Å². The summed E-state index contributed by atoms with van der Waals surface area (Å²) >= 11 is 0. The van der Waals surface area contributed by atoms with Crippen LogP contribution in [-0.2, 0) is 4.74 Å². The maximum Gasteiger partial charge on any atom is 0.210 e. The third-order valence-corrected chi connectivity index (χ3v) is 1.33. The van der Waals surface area contributed by atoms with Crippen molar-refractivity contribution in [3.05, 3.63) is 0 Å². The first-order chi connectivity index (χ1) is 4.30. The van der Waals surface area contributed by atoms with E-state index in [0.717, 1.165) is 0 Å². The predicted molar refractivity (Wildman–Crippen MR) is 33.2 cm³/mol. The van der Waals surface area contributed by atoms with Gasteiger partial charge in [0, 0.05) is 13.1 Å². The second-order valence-corrected chi connectivity index (χ2v) is 1.95. The Kier molecular flexibility index (Phi) is 1.89. The molecule has 1 aliphatic rings. The Balaban J connectivity index is 2.31. The molecule has 9 heavy (non-hydrogen) atoms. The van der Waals surface area contributed by atoms with Gasteiger partial charge in [-0.1, -0.05) is 0 Å². The van der Waals surface area contributed by atoms with Gasteiger partial charge in [-0.3, -0.25) is 11.1 Å². The summed E-state index contributed by atoms with van der Waals surface area (Å²) in [7, 11) is 0. The van der Waals surface area contributed by atoms with E-state index in [2.05, 4.69) is 0 Å². The average Bonchev–Trinajstić information content (AvgIpc) is 1.90. The Labute approximate surface area is 54.1 Å². The molecule has 4 nitrogen and oxygen atoms in total. The Morgan fingerprint density at radius 3 is 2.22 bits per heavy atom. The van der Waals surface area contributed by atoms with Gasteiger partial charge in [-0.05, 0) is 0 Å². The first-order valence-electron chi connectivity index (χ1n) is 2.93. The fourth-order valence-electron chi connectivity index (χ4n) is 0.787. The third-order valence-electron chi connectivity index (χ3n) is 1.33. The Morgan fingerprint density at radius 2 is 1.89 bits per heavy atom. The molecule has 0 spiro atoms. The number of guanidine groups is 1. The van der Waals surface area contributed by atoms with Crippen LogP contribution in [0, 0.1) is 5.41 Å². The number of ether oxygens (including phenoxy) is 1. The van der Waals surface area contributed by atoms with Gasteiger partial charge in [0.25, 0.3) is 0 Å². The number of morpholine rings is 1. The molecule has 51 valence electrons. The minimum atomic E-state index is -0.0988. The second-order valence-electron chi connectivity index (χ2n) is 1.95. The highest BCUT2D eigenvalue weighted by molar-refractivity contribution is 5.73. The first kappa shape index (κ1) is 6.35. The van der Waals surface area contributed by atoms with Gasteiger partial charge >= 0.3 is 0 Å². The maximum absolute atomic E-state index is 6.93. The van der Waals surface area contributed by atoms with Crippen molar-refractivity contribution in [1.82, 2.24) is 10.6 Å². The molecule has 0 saturated carbocycles. The molecule has 1 aliphatic heterocycles. The van der Waals surface area contributed by atoms with E-state index in [-0.39, 0.29) is 5.96 Å². The smallest absolute Gasteiger partial charge is 0.210 e. The van der Waals surface area contributed by atoms with E-state index in [0.29, 0.717) is 26.3 Å². The second kappa shape index (κ2) is 2.68. The van der Waals surface area contributed by atoms with Gasteiger partial charge in [0.1, 0.15) is 0 Å². The molecule has 1 heterocycles. The largest absolute Gasteiger partial charge is 0.378 e. The van der Waals surface area contributed by atoms with E-state index >= 15 is 0 Å². The van der Waals surface area contributed by atoms with Crippen molar-refractivity contribution in [1.29, 1.82) is 5.41 Å². The predicted octanol–water partition coefficient (Wildman–Crippen LogP) is -0.464. The monoisotopic (exact) mass is 128 g/mol. The molecule has 0 aromatic carbocycles. The number of hydrogen-bond donors (Lipinski definition) is 1. The standard InChI is InChI=1S/C5H10N3O/c6-5(7)8-1-3-9-4-2-8/h6-7H,1-4H2. The molecule has 2 N–H and O–H groups in total. The molecule has 1 fully saturated rings. The van der Waals surface area contributed by atoms with Crippen molar-refractivity contribution < 1.29 is 4.74 Å². The lowest BCUT2D eigenvalue weighted by atomic mass is 10.4. The van der Waals surface area contributed by atoms with Gasteiger partial charge in [0.15, 0.2) is 0 Å². The van der Waals surface area contributed by atoms with Crippen LogP contribution in [-0.4, -0.2) is 37.2 Å². The number of nitrogens with zero attached hydrogens (tertiary/aromatic N) is 1. The molecule has 0 amide bonds. The number of nitrogens with one attached hydrogen (secondary N) is 2. The van der Waals surface area contributed by atoms with E-state index in [1.807, 2.05) is 0 Å². The van der Waals surface area contributed by atoms with Crippen molar-refractivity contribution >= 4 is 5.96 Å². The summed E-state index contributed by atoms with van der Waals surface area (Å²) < 4.78 is 5.03. The molecule has 1 saturated heterocycles. The molecular formula is C5H10N3O. The summed E-state index contributed by atoms with van der Waals surface area (Å²) in [5.41, 5.74) is 6.93. The van der Waals surface area contributed by atoms with Crippen molar-refractivity contribution in [2.24, 2.45) is 0 Å². The van der Waals surface area contributed by atoms with Crippen LogP contribution < -0.4 is 5.73 Å². The molecular weight excluding hydrogens is 118 g/mol. The lowest BCUT2D eigenvalue weighted by Crippen LogP contribution is -2.40. The normalized spacial score (nSPS) is 19.8. The van der Waals surface area contributed by atoms with Gasteiger partial charge < -0.3 is 9.64 Å². The van der Waals surface area contributed by atoms with Crippen molar-refractivity contribution in [2.75, 3.05) is 26.3 Å².